The maximum absolute atomic E-state index is 13.6. The van der Waals surface area contributed by atoms with E-state index >= 15 is 0 Å². The Balaban J connectivity index is 1.54. The molecule has 28 heavy (non-hydrogen) atoms. The van der Waals surface area contributed by atoms with Crippen molar-refractivity contribution in [1.82, 2.24) is 0 Å². The van der Waals surface area contributed by atoms with Gasteiger partial charge in [0.05, 0.1) is 11.3 Å². The summed E-state index contributed by atoms with van der Waals surface area (Å²) in [4.78, 5) is 27.5. The van der Waals surface area contributed by atoms with Crippen molar-refractivity contribution in [2.24, 2.45) is 10.9 Å². The highest BCUT2D eigenvalue weighted by molar-refractivity contribution is 6.05. The van der Waals surface area contributed by atoms with E-state index in [2.05, 4.69) is 10.3 Å². The number of rotatable bonds is 8. The van der Waals surface area contributed by atoms with Crippen molar-refractivity contribution < 1.29 is 19.1 Å². The van der Waals surface area contributed by atoms with E-state index < -0.39 is 17.5 Å². The molecule has 1 aliphatic carbocycles. The number of phenols is 1. The smallest absolute Gasteiger partial charge is 0.255 e. The second-order valence-corrected chi connectivity index (χ2v) is 7.05. The second kappa shape index (κ2) is 9.26. The molecule has 0 aromatic heterocycles. The fourth-order valence-corrected chi connectivity index (χ4v) is 3.12. The molecule has 0 atom stereocenters. The fourth-order valence-electron chi connectivity index (χ4n) is 3.12. The molecule has 0 saturated heterocycles. The quantitative estimate of drug-likeness (QED) is 0.371. The predicted octanol–water partition coefficient (Wildman–Crippen LogP) is 5.27. The lowest BCUT2D eigenvalue weighted by Crippen LogP contribution is -2.12. The maximum Gasteiger partial charge on any atom is 0.255 e. The van der Waals surface area contributed by atoms with Crippen LogP contribution in [0.15, 0.2) is 41.4 Å². The lowest BCUT2D eigenvalue weighted by Gasteiger charge is -2.24. The molecule has 6 heteroatoms. The molecule has 0 unspecified atom stereocenters. The molecule has 2 N–H and O–H groups in total. The number of hydrogen-bond donors (Lipinski definition) is 2. The van der Waals surface area contributed by atoms with Crippen LogP contribution in [0.3, 0.4) is 0 Å². The summed E-state index contributed by atoms with van der Waals surface area (Å²) >= 11 is 0. The number of carbonyl (C=O) groups is 2. The van der Waals surface area contributed by atoms with Gasteiger partial charge in [0.2, 0.25) is 0 Å². The number of hydrogen-bond acceptors (Lipinski definition) is 4. The van der Waals surface area contributed by atoms with Crippen molar-refractivity contribution in [3.05, 3.63) is 53.3 Å². The SMILES string of the molecule is O=Cc1cc(C(=O)Nc2ccc(/N=C\CCCC3CCC3)cc2)cc(F)c1O. The predicted molar refractivity (Wildman–Crippen MR) is 107 cm³/mol. The van der Waals surface area contributed by atoms with Crippen molar-refractivity contribution in [3.8, 4) is 5.75 Å². The van der Waals surface area contributed by atoms with Gasteiger partial charge in [0.25, 0.3) is 5.91 Å². The lowest BCUT2D eigenvalue weighted by molar-refractivity contribution is 0.102. The molecule has 0 spiro atoms. The number of phenolic OH excluding ortho intramolecular Hbond substituents is 1. The largest absolute Gasteiger partial charge is 0.504 e. The highest BCUT2D eigenvalue weighted by atomic mass is 19.1. The van der Waals surface area contributed by atoms with Gasteiger partial charge in [0.1, 0.15) is 0 Å². The van der Waals surface area contributed by atoms with Crippen molar-refractivity contribution in [3.63, 3.8) is 0 Å². The highest BCUT2D eigenvalue weighted by Crippen LogP contribution is 2.30. The molecule has 2 aromatic carbocycles. The van der Waals surface area contributed by atoms with Gasteiger partial charge in [-0.15, -0.1) is 0 Å². The number of nitrogens with one attached hydrogen (secondary N) is 1. The minimum Gasteiger partial charge on any atom is -0.504 e. The van der Waals surface area contributed by atoms with Crippen molar-refractivity contribution in [2.75, 3.05) is 5.32 Å². The van der Waals surface area contributed by atoms with E-state index in [1.54, 1.807) is 24.3 Å². The summed E-state index contributed by atoms with van der Waals surface area (Å²) in [6.45, 7) is 0. The average Bonchev–Trinajstić information content (AvgIpc) is 2.66. The van der Waals surface area contributed by atoms with Gasteiger partial charge in [0, 0.05) is 17.5 Å². The van der Waals surface area contributed by atoms with Crippen LogP contribution in [0.1, 0.15) is 59.2 Å². The van der Waals surface area contributed by atoms with Crippen LogP contribution in [0.2, 0.25) is 0 Å². The van der Waals surface area contributed by atoms with Crippen LogP contribution in [0.4, 0.5) is 15.8 Å². The first-order valence-electron chi connectivity index (χ1n) is 9.48. The molecule has 1 fully saturated rings. The third kappa shape index (κ3) is 5.03. The van der Waals surface area contributed by atoms with Crippen molar-refractivity contribution in [2.45, 2.75) is 38.5 Å². The van der Waals surface area contributed by atoms with Crippen LogP contribution in [0.25, 0.3) is 0 Å². The van der Waals surface area contributed by atoms with Gasteiger partial charge in [-0.2, -0.15) is 0 Å². The standard InChI is InChI=1S/C22H23FN2O3/c23-20-13-16(12-17(14-26)21(20)27)22(28)25-19-9-7-18(8-10-19)24-11-2-1-4-15-5-3-6-15/h7-15,27H,1-6H2,(H,25,28)/b24-11-. The number of aldehydes is 1. The van der Waals surface area contributed by atoms with E-state index in [9.17, 15) is 19.1 Å². The topological polar surface area (TPSA) is 78.8 Å². The Morgan fingerprint density at radius 3 is 2.64 bits per heavy atom. The van der Waals surface area contributed by atoms with E-state index in [0.29, 0.717) is 12.0 Å². The number of anilines is 1. The van der Waals surface area contributed by atoms with Gasteiger partial charge >= 0.3 is 0 Å². The summed E-state index contributed by atoms with van der Waals surface area (Å²) in [5, 5.41) is 12.0. The number of unbranched alkanes of at least 4 members (excludes halogenated alkanes) is 1. The number of aromatic hydroxyl groups is 1. The van der Waals surface area contributed by atoms with E-state index in [0.717, 1.165) is 36.6 Å². The molecule has 0 heterocycles. The second-order valence-electron chi connectivity index (χ2n) is 7.05. The van der Waals surface area contributed by atoms with Gasteiger partial charge in [-0.1, -0.05) is 25.7 Å². The molecule has 2 aromatic rings. The van der Waals surface area contributed by atoms with E-state index in [1.165, 1.54) is 25.7 Å². The van der Waals surface area contributed by atoms with Crippen LogP contribution in [-0.4, -0.2) is 23.5 Å². The van der Waals surface area contributed by atoms with Crippen LogP contribution in [-0.2, 0) is 0 Å². The van der Waals surface area contributed by atoms with Crippen molar-refractivity contribution >= 4 is 29.8 Å². The van der Waals surface area contributed by atoms with Gasteiger partial charge in [-0.05, 0) is 55.2 Å². The third-order valence-corrected chi connectivity index (χ3v) is 5.02. The Bertz CT molecular complexity index is 874. The molecule has 0 radical (unpaired) electrons. The number of amides is 1. The average molecular weight is 382 g/mol. The molecule has 0 aliphatic heterocycles. The summed E-state index contributed by atoms with van der Waals surface area (Å²) < 4.78 is 13.6. The highest BCUT2D eigenvalue weighted by Gasteiger charge is 2.16. The number of nitrogens with zero attached hydrogens (tertiary/aromatic N) is 1. The molecular formula is C22H23FN2O3. The van der Waals surface area contributed by atoms with Crippen LogP contribution >= 0.6 is 0 Å². The number of aliphatic imine (C=N–C) groups is 1. The Kier molecular flexibility index (Phi) is 6.53. The third-order valence-electron chi connectivity index (χ3n) is 5.02. The Morgan fingerprint density at radius 1 is 1.25 bits per heavy atom. The summed E-state index contributed by atoms with van der Waals surface area (Å²) in [6.07, 6.45) is 9.74. The normalized spacial score (nSPS) is 14.0. The van der Waals surface area contributed by atoms with Gasteiger partial charge in [0.15, 0.2) is 17.9 Å². The van der Waals surface area contributed by atoms with Crippen molar-refractivity contribution in [1.29, 1.82) is 0 Å². The molecule has 1 aliphatic rings. The minimum absolute atomic E-state index is 0.0500. The fraction of sp³-hybridized carbons (Fsp3) is 0.318. The summed E-state index contributed by atoms with van der Waals surface area (Å²) in [7, 11) is 0. The zero-order valence-corrected chi connectivity index (χ0v) is 15.5. The molecule has 146 valence electrons. The Labute approximate surface area is 163 Å². The van der Waals surface area contributed by atoms with Gasteiger partial charge < -0.3 is 10.4 Å². The molecule has 0 bridgehead atoms. The van der Waals surface area contributed by atoms with Gasteiger partial charge in [-0.3, -0.25) is 14.6 Å². The zero-order chi connectivity index (χ0) is 19.9. The monoisotopic (exact) mass is 382 g/mol. The molecular weight excluding hydrogens is 359 g/mol. The maximum atomic E-state index is 13.6. The zero-order valence-electron chi connectivity index (χ0n) is 15.5. The minimum atomic E-state index is -1.02. The van der Waals surface area contributed by atoms with Crippen LogP contribution in [0, 0.1) is 11.7 Å². The summed E-state index contributed by atoms with van der Waals surface area (Å²) in [5.74, 6) is -1.44. The number of benzene rings is 2. The van der Waals surface area contributed by atoms with Crippen LogP contribution in [0.5, 0.6) is 5.75 Å². The Hall–Kier alpha value is -3.02. The number of halogens is 1. The number of carbonyl (C=O) groups excluding carboxylic acids is 2. The first kappa shape index (κ1) is 19.7. The van der Waals surface area contributed by atoms with E-state index in [4.69, 9.17) is 0 Å². The van der Waals surface area contributed by atoms with Crippen LogP contribution < -0.4 is 5.32 Å². The lowest BCUT2D eigenvalue weighted by atomic mass is 9.82. The van der Waals surface area contributed by atoms with E-state index in [1.807, 2.05) is 6.21 Å². The molecule has 1 saturated carbocycles. The van der Waals surface area contributed by atoms with E-state index in [-0.39, 0.29) is 11.1 Å². The molecule has 1 amide bonds. The first-order valence-corrected chi connectivity index (χ1v) is 9.48. The molecule has 3 rings (SSSR count). The van der Waals surface area contributed by atoms with Gasteiger partial charge in [-0.25, -0.2) is 4.39 Å². The summed E-state index contributed by atoms with van der Waals surface area (Å²) in [5.41, 5.74) is 0.994. The Morgan fingerprint density at radius 2 is 2.00 bits per heavy atom. The summed E-state index contributed by atoms with van der Waals surface area (Å²) in [6, 6.07) is 9.01. The first-order chi connectivity index (χ1) is 13.6. The molecule has 5 nitrogen and oxygen atoms in total.